The van der Waals surface area contributed by atoms with Crippen LogP contribution in [-0.4, -0.2) is 22.8 Å². The van der Waals surface area contributed by atoms with E-state index in [0.717, 1.165) is 37.0 Å². The second kappa shape index (κ2) is 19.9. The van der Waals surface area contributed by atoms with E-state index in [1.54, 1.807) is 30.2 Å². The molecular formula is C51H76O3. The molecule has 1 aromatic carbocycles. The van der Waals surface area contributed by atoms with Crippen LogP contribution in [0.4, 0.5) is 0 Å². The number of allylic oxidation sites excluding steroid dienone is 9. The Morgan fingerprint density at radius 1 is 0.722 bits per heavy atom. The molecule has 3 aliphatic rings. The smallest absolute Gasteiger partial charge is 0.199 e. The van der Waals surface area contributed by atoms with Gasteiger partial charge < -0.3 is 4.74 Å². The molecule has 1 saturated heterocycles. The van der Waals surface area contributed by atoms with E-state index in [4.69, 9.17) is 4.74 Å². The number of rotatable bonds is 22. The normalized spacial score (nSPS) is 25.6. The van der Waals surface area contributed by atoms with Crippen LogP contribution in [-0.2, 0) is 4.74 Å². The standard InChI is InChI=1S/C51H76O3/c1-37(21-14-23-39(3)25-16-27-41(5)32-33-46-43(7)29-18-35-49(46,8)9)19-13-20-38(2)22-15-24-40(4)26-17-28-42(6)34-36-51-48(53)45-31-12-11-30-44(45)47(52)50(51,10)54-51/h11-12,19,23,27,29-31,34,38,40,46H,13-18,20-22,24-26,28,32-33,35-36H2,1-10H3. The second-order valence-corrected chi connectivity index (χ2v) is 18.8. The van der Waals surface area contributed by atoms with Gasteiger partial charge in [0.15, 0.2) is 22.8 Å². The van der Waals surface area contributed by atoms with Gasteiger partial charge in [0, 0.05) is 17.5 Å². The Morgan fingerprint density at radius 2 is 1.26 bits per heavy atom. The summed E-state index contributed by atoms with van der Waals surface area (Å²) in [6, 6.07) is 7.14. The molecule has 0 bridgehead atoms. The highest BCUT2D eigenvalue weighted by molar-refractivity contribution is 6.25. The van der Waals surface area contributed by atoms with E-state index in [1.165, 1.54) is 100 Å². The zero-order valence-electron chi connectivity index (χ0n) is 36.2. The Hall–Kier alpha value is -2.78. The number of ether oxygens (including phenoxy) is 1. The first-order valence-electron chi connectivity index (χ1n) is 21.8. The van der Waals surface area contributed by atoms with Crippen LogP contribution in [0.2, 0.25) is 0 Å². The fourth-order valence-electron chi connectivity index (χ4n) is 9.36. The molecule has 298 valence electrons. The van der Waals surface area contributed by atoms with E-state index in [0.29, 0.717) is 23.0 Å². The second-order valence-electron chi connectivity index (χ2n) is 18.8. The molecule has 5 unspecified atom stereocenters. The van der Waals surface area contributed by atoms with Crippen LogP contribution >= 0.6 is 0 Å². The molecule has 0 saturated carbocycles. The van der Waals surface area contributed by atoms with Gasteiger partial charge in [-0.25, -0.2) is 0 Å². The number of hydrogen-bond acceptors (Lipinski definition) is 3. The topological polar surface area (TPSA) is 46.7 Å². The summed E-state index contributed by atoms with van der Waals surface area (Å²) in [6.07, 6.45) is 32.2. The van der Waals surface area contributed by atoms with Crippen molar-refractivity contribution in [2.24, 2.45) is 23.2 Å². The summed E-state index contributed by atoms with van der Waals surface area (Å²) in [5.41, 5.74) is 6.95. The van der Waals surface area contributed by atoms with Crippen LogP contribution < -0.4 is 0 Å². The number of ketones is 2. The number of Topliss-reactive ketones (excluding diaryl/α,β-unsaturated/α-hetero) is 2. The van der Waals surface area contributed by atoms with Gasteiger partial charge in [-0.3, -0.25) is 9.59 Å². The van der Waals surface area contributed by atoms with E-state index in [9.17, 15) is 9.59 Å². The molecule has 0 amide bonds. The third-order valence-electron chi connectivity index (χ3n) is 13.5. The van der Waals surface area contributed by atoms with Crippen molar-refractivity contribution >= 4 is 11.6 Å². The molecule has 5 atom stereocenters. The quantitative estimate of drug-likeness (QED) is 0.0879. The van der Waals surface area contributed by atoms with Crippen molar-refractivity contribution in [3.8, 4) is 0 Å². The fourth-order valence-corrected chi connectivity index (χ4v) is 9.36. The van der Waals surface area contributed by atoms with E-state index < -0.39 is 11.2 Å². The maximum Gasteiger partial charge on any atom is 0.199 e. The predicted molar refractivity (Wildman–Crippen MR) is 230 cm³/mol. The minimum Gasteiger partial charge on any atom is -0.345 e. The van der Waals surface area contributed by atoms with Crippen LogP contribution in [0.3, 0.4) is 0 Å². The zero-order valence-corrected chi connectivity index (χ0v) is 36.2. The fraction of sp³-hybridized carbons (Fsp3) is 0.647. The summed E-state index contributed by atoms with van der Waals surface area (Å²) in [5.74, 6) is 2.14. The van der Waals surface area contributed by atoms with Crippen molar-refractivity contribution in [3.63, 3.8) is 0 Å². The van der Waals surface area contributed by atoms with Crippen molar-refractivity contribution < 1.29 is 14.3 Å². The highest BCUT2D eigenvalue weighted by atomic mass is 16.6. The zero-order chi connectivity index (χ0) is 39.5. The summed E-state index contributed by atoms with van der Waals surface area (Å²) in [7, 11) is 0. The number of carbonyl (C=O) groups excluding carboxylic acids is 2. The first-order valence-corrected chi connectivity index (χ1v) is 21.8. The molecule has 54 heavy (non-hydrogen) atoms. The Morgan fingerprint density at radius 3 is 1.89 bits per heavy atom. The molecule has 1 aliphatic heterocycles. The SMILES string of the molecule is CC(=CCCC(C)=CCCC(C)CCCC(C)CCCC(C)=CCC12OC1(C)C(=O)c1ccccc1C2=O)CCC=C(C)CCC1C(C)=CCCC1(C)C. The van der Waals surface area contributed by atoms with Gasteiger partial charge in [-0.2, -0.15) is 0 Å². The first-order chi connectivity index (χ1) is 25.6. The minimum absolute atomic E-state index is 0.0432. The van der Waals surface area contributed by atoms with Gasteiger partial charge in [-0.1, -0.05) is 136 Å². The van der Waals surface area contributed by atoms with E-state index in [-0.39, 0.29) is 11.6 Å². The van der Waals surface area contributed by atoms with Crippen LogP contribution in [0, 0.1) is 23.2 Å². The van der Waals surface area contributed by atoms with Crippen LogP contribution in [0.5, 0.6) is 0 Å². The molecule has 0 radical (unpaired) electrons. The van der Waals surface area contributed by atoms with Crippen molar-refractivity contribution in [2.45, 2.75) is 190 Å². The molecule has 0 N–H and O–H groups in total. The molecule has 1 heterocycles. The van der Waals surface area contributed by atoms with Gasteiger partial charge in [-0.05, 0) is 142 Å². The Kier molecular flexibility index (Phi) is 16.2. The van der Waals surface area contributed by atoms with Crippen LogP contribution in [0.1, 0.15) is 199 Å². The Bertz CT molecular complexity index is 1600. The maximum absolute atomic E-state index is 13.3. The van der Waals surface area contributed by atoms with E-state index in [2.05, 4.69) is 92.7 Å². The van der Waals surface area contributed by atoms with Crippen molar-refractivity contribution in [1.29, 1.82) is 0 Å². The van der Waals surface area contributed by atoms with Gasteiger partial charge in [0.1, 0.15) is 0 Å². The molecule has 3 nitrogen and oxygen atoms in total. The highest BCUT2D eigenvalue weighted by Crippen LogP contribution is 2.57. The molecule has 2 aliphatic carbocycles. The van der Waals surface area contributed by atoms with E-state index >= 15 is 0 Å². The average molecular weight is 737 g/mol. The van der Waals surface area contributed by atoms with Crippen LogP contribution in [0.15, 0.2) is 82.5 Å². The van der Waals surface area contributed by atoms with Crippen molar-refractivity contribution in [1.82, 2.24) is 0 Å². The number of fused-ring (bicyclic) bond motifs is 2. The molecular weight excluding hydrogens is 661 g/mol. The summed E-state index contributed by atoms with van der Waals surface area (Å²) in [6.45, 7) is 23.0. The average Bonchev–Trinajstić information content (AvgIpc) is 3.76. The van der Waals surface area contributed by atoms with Crippen LogP contribution in [0.25, 0.3) is 0 Å². The lowest BCUT2D eigenvalue weighted by Gasteiger charge is -2.38. The molecule has 0 aromatic heterocycles. The molecule has 1 fully saturated rings. The molecule has 1 aromatic rings. The first kappa shape index (κ1) is 43.9. The summed E-state index contributed by atoms with van der Waals surface area (Å²) >= 11 is 0. The third-order valence-corrected chi connectivity index (χ3v) is 13.5. The number of epoxide rings is 1. The Labute approximate surface area is 331 Å². The highest BCUT2D eigenvalue weighted by Gasteiger charge is 2.77. The van der Waals surface area contributed by atoms with Gasteiger partial charge in [-0.15, -0.1) is 0 Å². The van der Waals surface area contributed by atoms with E-state index in [1.807, 2.05) is 12.1 Å². The van der Waals surface area contributed by atoms with Gasteiger partial charge in [0.05, 0.1) is 0 Å². The Balaban J connectivity index is 1.03. The lowest BCUT2D eigenvalue weighted by Crippen LogP contribution is -2.43. The molecule has 0 spiro atoms. The van der Waals surface area contributed by atoms with Gasteiger partial charge >= 0.3 is 0 Å². The van der Waals surface area contributed by atoms with Gasteiger partial charge in [0.2, 0.25) is 0 Å². The lowest BCUT2D eigenvalue weighted by atomic mass is 9.67. The summed E-state index contributed by atoms with van der Waals surface area (Å²) in [5, 5.41) is 0. The minimum atomic E-state index is -1.02. The van der Waals surface area contributed by atoms with Crippen molar-refractivity contribution in [3.05, 3.63) is 93.6 Å². The molecule has 3 heteroatoms. The van der Waals surface area contributed by atoms with Crippen molar-refractivity contribution in [2.75, 3.05) is 0 Å². The lowest BCUT2D eigenvalue weighted by molar-refractivity contribution is 0.0847. The predicted octanol–water partition coefficient (Wildman–Crippen LogP) is 14.9. The third kappa shape index (κ3) is 11.6. The number of hydrogen-bond donors (Lipinski definition) is 0. The summed E-state index contributed by atoms with van der Waals surface area (Å²) < 4.78 is 5.96. The van der Waals surface area contributed by atoms with Gasteiger partial charge in [0.25, 0.3) is 0 Å². The number of carbonyl (C=O) groups is 2. The largest absolute Gasteiger partial charge is 0.345 e. The summed E-state index contributed by atoms with van der Waals surface area (Å²) in [4.78, 5) is 26.4. The number of benzene rings is 1. The molecule has 4 rings (SSSR count). The monoisotopic (exact) mass is 737 g/mol. The maximum atomic E-state index is 13.3.